The van der Waals surface area contributed by atoms with Crippen molar-refractivity contribution in [2.24, 2.45) is 5.92 Å². The van der Waals surface area contributed by atoms with Gasteiger partial charge >= 0.3 is 0 Å². The van der Waals surface area contributed by atoms with E-state index in [0.717, 1.165) is 19.5 Å². The maximum absolute atomic E-state index is 12.0. The van der Waals surface area contributed by atoms with Crippen LogP contribution in [0.3, 0.4) is 0 Å². The third-order valence-electron chi connectivity index (χ3n) is 3.70. The molecule has 2 fully saturated rings. The molecule has 0 spiro atoms. The molecule has 1 N–H and O–H groups in total. The van der Waals surface area contributed by atoms with E-state index in [-0.39, 0.29) is 24.5 Å². The van der Waals surface area contributed by atoms with Crippen LogP contribution in [-0.2, 0) is 9.59 Å². The van der Waals surface area contributed by atoms with Gasteiger partial charge in [-0.3, -0.25) is 14.9 Å². The molecule has 2 unspecified atom stereocenters. The molecule has 2 atom stereocenters. The van der Waals surface area contributed by atoms with Crippen LogP contribution in [0, 0.1) is 5.92 Å². The zero-order valence-electron chi connectivity index (χ0n) is 10.6. The minimum absolute atomic E-state index is 0.0259. The van der Waals surface area contributed by atoms with Gasteiger partial charge in [0.25, 0.3) is 0 Å². The molecule has 0 radical (unpaired) electrons. The maximum atomic E-state index is 12.0. The molecule has 2 amide bonds. The van der Waals surface area contributed by atoms with E-state index < -0.39 is 0 Å². The summed E-state index contributed by atoms with van der Waals surface area (Å²) in [5, 5.41) is 3.30. The molecule has 17 heavy (non-hydrogen) atoms. The lowest BCUT2D eigenvalue weighted by molar-refractivity contribution is -0.153. The van der Waals surface area contributed by atoms with Gasteiger partial charge in [-0.15, -0.1) is 0 Å². The Morgan fingerprint density at radius 2 is 2.18 bits per heavy atom. The van der Waals surface area contributed by atoms with Crippen molar-refractivity contribution in [3.8, 4) is 0 Å². The Morgan fingerprint density at radius 1 is 1.41 bits per heavy atom. The number of piperazine rings is 1. The van der Waals surface area contributed by atoms with Gasteiger partial charge in [0.2, 0.25) is 11.8 Å². The van der Waals surface area contributed by atoms with Crippen molar-refractivity contribution in [1.29, 1.82) is 0 Å². The molecule has 0 aromatic carbocycles. The Labute approximate surface area is 102 Å². The number of nitrogens with one attached hydrogen (secondary N) is 1. The molecule has 2 rings (SSSR count). The number of hydrogen-bond donors (Lipinski definition) is 1. The highest BCUT2D eigenvalue weighted by molar-refractivity contribution is 5.86. The number of amides is 2. The van der Waals surface area contributed by atoms with Crippen LogP contribution in [0.4, 0.5) is 0 Å². The molecule has 0 bridgehead atoms. The first-order valence-corrected chi connectivity index (χ1v) is 6.42. The highest BCUT2D eigenvalue weighted by Gasteiger charge is 2.36. The van der Waals surface area contributed by atoms with Crippen LogP contribution in [0.25, 0.3) is 0 Å². The van der Waals surface area contributed by atoms with E-state index in [1.165, 1.54) is 0 Å². The van der Waals surface area contributed by atoms with Crippen molar-refractivity contribution in [3.63, 3.8) is 0 Å². The fourth-order valence-corrected chi connectivity index (χ4v) is 2.37. The summed E-state index contributed by atoms with van der Waals surface area (Å²) in [6.07, 6.45) is 1.61. The summed E-state index contributed by atoms with van der Waals surface area (Å²) in [6, 6.07) is 0. The Bertz CT molecular complexity index is 319. The van der Waals surface area contributed by atoms with Gasteiger partial charge in [-0.05, 0) is 5.92 Å². The van der Waals surface area contributed by atoms with Gasteiger partial charge in [0.05, 0.1) is 6.54 Å². The van der Waals surface area contributed by atoms with Crippen molar-refractivity contribution >= 4 is 11.8 Å². The number of nitrogens with zero attached hydrogens (tertiary/aromatic N) is 2. The fourth-order valence-electron chi connectivity index (χ4n) is 2.37. The van der Waals surface area contributed by atoms with Crippen LogP contribution in [0.1, 0.15) is 26.7 Å². The summed E-state index contributed by atoms with van der Waals surface area (Å²) < 4.78 is 0. The van der Waals surface area contributed by atoms with Crippen LogP contribution in [0.5, 0.6) is 0 Å². The van der Waals surface area contributed by atoms with Crippen LogP contribution in [0.15, 0.2) is 0 Å². The molecular formula is C12H21N3O2. The predicted octanol–water partition coefficient (Wildman–Crippen LogP) is 0.0227. The van der Waals surface area contributed by atoms with Gasteiger partial charge in [0.15, 0.2) is 0 Å². The Hall–Kier alpha value is -1.10. The highest BCUT2D eigenvalue weighted by atomic mass is 16.2. The van der Waals surface area contributed by atoms with E-state index in [1.807, 2.05) is 4.90 Å². The van der Waals surface area contributed by atoms with Crippen molar-refractivity contribution in [1.82, 2.24) is 15.1 Å². The van der Waals surface area contributed by atoms with Crippen molar-refractivity contribution in [3.05, 3.63) is 0 Å². The van der Waals surface area contributed by atoms with Crippen LogP contribution < -0.4 is 5.32 Å². The van der Waals surface area contributed by atoms with E-state index >= 15 is 0 Å². The summed E-state index contributed by atoms with van der Waals surface area (Å²) in [5.41, 5.74) is 0. The first-order valence-electron chi connectivity index (χ1n) is 6.42. The predicted molar refractivity (Wildman–Crippen MR) is 64.2 cm³/mol. The third-order valence-corrected chi connectivity index (χ3v) is 3.70. The Morgan fingerprint density at radius 3 is 2.88 bits per heavy atom. The molecule has 2 aliphatic rings. The highest BCUT2D eigenvalue weighted by Crippen LogP contribution is 2.16. The minimum Gasteiger partial charge on any atom is -0.337 e. The topological polar surface area (TPSA) is 52.7 Å². The number of rotatable bonds is 3. The lowest BCUT2D eigenvalue weighted by Crippen LogP contribution is -2.65. The molecule has 0 aliphatic carbocycles. The molecule has 5 nitrogen and oxygen atoms in total. The van der Waals surface area contributed by atoms with Crippen molar-refractivity contribution in [2.75, 3.05) is 26.2 Å². The number of carbonyl (C=O) groups is 2. The maximum Gasteiger partial charge on any atom is 0.242 e. The number of carbonyl (C=O) groups excluding carboxylic acids is 2. The van der Waals surface area contributed by atoms with E-state index in [2.05, 4.69) is 19.2 Å². The second-order valence-corrected chi connectivity index (χ2v) is 5.05. The van der Waals surface area contributed by atoms with Crippen molar-refractivity contribution < 1.29 is 9.59 Å². The normalized spacial score (nSPS) is 27.1. The molecule has 2 saturated heterocycles. The summed E-state index contributed by atoms with van der Waals surface area (Å²) in [7, 11) is 0. The van der Waals surface area contributed by atoms with Gasteiger partial charge in [0, 0.05) is 19.5 Å². The smallest absolute Gasteiger partial charge is 0.242 e. The first-order chi connectivity index (χ1) is 8.11. The Balaban J connectivity index is 1.99. The second-order valence-electron chi connectivity index (χ2n) is 5.05. The SMILES string of the molecule is CCC(C)CN1CC2NCCC(=O)N2CC1=O. The Kier molecular flexibility index (Phi) is 3.66. The lowest BCUT2D eigenvalue weighted by atomic mass is 10.1. The van der Waals surface area contributed by atoms with E-state index in [0.29, 0.717) is 18.9 Å². The molecule has 0 aromatic heterocycles. The molecule has 0 saturated carbocycles. The summed E-state index contributed by atoms with van der Waals surface area (Å²) >= 11 is 0. The van der Waals surface area contributed by atoms with Gasteiger partial charge in [-0.2, -0.15) is 0 Å². The van der Waals surface area contributed by atoms with Gasteiger partial charge in [-0.25, -0.2) is 0 Å². The van der Waals surface area contributed by atoms with Crippen LogP contribution in [0.2, 0.25) is 0 Å². The van der Waals surface area contributed by atoms with E-state index in [4.69, 9.17) is 0 Å². The van der Waals surface area contributed by atoms with Crippen molar-refractivity contribution in [2.45, 2.75) is 32.9 Å². The van der Waals surface area contributed by atoms with Crippen LogP contribution >= 0.6 is 0 Å². The zero-order chi connectivity index (χ0) is 12.4. The molecule has 5 heteroatoms. The monoisotopic (exact) mass is 239 g/mol. The van der Waals surface area contributed by atoms with Crippen LogP contribution in [-0.4, -0.2) is 54.0 Å². The van der Waals surface area contributed by atoms with E-state index in [9.17, 15) is 9.59 Å². The molecule has 0 aromatic rings. The summed E-state index contributed by atoms with van der Waals surface area (Å²) in [4.78, 5) is 27.2. The third kappa shape index (κ3) is 2.60. The largest absolute Gasteiger partial charge is 0.337 e. The molecule has 96 valence electrons. The number of hydrogen-bond acceptors (Lipinski definition) is 3. The quantitative estimate of drug-likeness (QED) is 0.755. The standard InChI is InChI=1S/C12H21N3O2/c1-3-9(2)6-14-7-10-13-5-4-11(16)15(10)8-12(14)17/h9-10,13H,3-8H2,1-2H3. The second kappa shape index (κ2) is 5.04. The summed E-state index contributed by atoms with van der Waals surface area (Å²) in [6.45, 7) is 6.69. The van der Waals surface area contributed by atoms with Gasteiger partial charge in [0.1, 0.15) is 12.7 Å². The molecule has 2 aliphatic heterocycles. The number of fused-ring (bicyclic) bond motifs is 1. The average molecular weight is 239 g/mol. The van der Waals surface area contributed by atoms with Gasteiger partial charge < -0.3 is 9.80 Å². The average Bonchev–Trinajstić information content (AvgIpc) is 2.31. The molecular weight excluding hydrogens is 218 g/mol. The lowest BCUT2D eigenvalue weighted by Gasteiger charge is -2.44. The first kappa shape index (κ1) is 12.4. The zero-order valence-corrected chi connectivity index (χ0v) is 10.6. The molecule has 2 heterocycles. The fraction of sp³-hybridized carbons (Fsp3) is 0.833. The minimum atomic E-state index is 0.0259. The summed E-state index contributed by atoms with van der Waals surface area (Å²) in [5.74, 6) is 0.702. The van der Waals surface area contributed by atoms with Gasteiger partial charge in [-0.1, -0.05) is 20.3 Å². The van der Waals surface area contributed by atoms with E-state index in [1.54, 1.807) is 4.90 Å².